The van der Waals surface area contributed by atoms with Gasteiger partial charge in [-0.3, -0.25) is 9.36 Å². The van der Waals surface area contributed by atoms with Crippen molar-refractivity contribution in [3.05, 3.63) is 51.7 Å². The van der Waals surface area contributed by atoms with Crippen molar-refractivity contribution >= 4 is 34.2 Å². The number of aryl methyl sites for hydroxylation is 1. The second kappa shape index (κ2) is 6.33. The van der Waals surface area contributed by atoms with Gasteiger partial charge >= 0.3 is 5.69 Å². The first kappa shape index (κ1) is 15.8. The maximum atomic E-state index is 12.3. The third-order valence-corrected chi connectivity index (χ3v) is 4.48. The molecule has 1 amide bonds. The normalized spacial score (nSPS) is 13.6. The number of anilines is 1. The highest BCUT2D eigenvalue weighted by Gasteiger charge is 2.18. The van der Waals surface area contributed by atoms with Crippen LogP contribution in [0.2, 0.25) is 5.02 Å². The zero-order chi connectivity index (χ0) is 17.4. The Morgan fingerprint density at radius 3 is 2.92 bits per heavy atom. The summed E-state index contributed by atoms with van der Waals surface area (Å²) < 4.78 is 2.86. The smallest absolute Gasteiger partial charge is 0.309 e. The molecular weight excluding hydrogens is 342 g/mol. The molecule has 3 aromatic rings. The Bertz CT molecular complexity index is 1020. The van der Waals surface area contributed by atoms with Gasteiger partial charge in [-0.25, -0.2) is 14.5 Å². The molecule has 1 aliphatic rings. The molecule has 0 fully saturated rings. The van der Waals surface area contributed by atoms with Gasteiger partial charge in [0.2, 0.25) is 5.91 Å². The first-order chi connectivity index (χ1) is 12.1. The number of benzene rings is 1. The molecule has 25 heavy (non-hydrogen) atoms. The van der Waals surface area contributed by atoms with E-state index in [2.05, 4.69) is 15.4 Å². The second-order valence-electron chi connectivity index (χ2n) is 6.05. The quantitative estimate of drug-likeness (QED) is 0.779. The van der Waals surface area contributed by atoms with Crippen LogP contribution in [0.5, 0.6) is 0 Å². The van der Waals surface area contributed by atoms with E-state index in [4.69, 9.17) is 11.6 Å². The maximum absolute atomic E-state index is 12.3. The number of nitrogens with zero attached hydrogens (tertiary/aromatic N) is 4. The number of aromatic nitrogens is 4. The van der Waals surface area contributed by atoms with E-state index in [0.717, 1.165) is 30.5 Å². The van der Waals surface area contributed by atoms with E-state index in [-0.39, 0.29) is 18.1 Å². The molecule has 0 bridgehead atoms. The Morgan fingerprint density at radius 2 is 2.08 bits per heavy atom. The molecule has 8 heteroatoms. The lowest BCUT2D eigenvalue weighted by Crippen LogP contribution is -2.31. The lowest BCUT2D eigenvalue weighted by Gasteiger charge is -2.09. The number of pyridine rings is 1. The highest BCUT2D eigenvalue weighted by atomic mass is 35.5. The molecule has 4 rings (SSSR count). The fourth-order valence-electron chi connectivity index (χ4n) is 3.03. The van der Waals surface area contributed by atoms with E-state index in [0.29, 0.717) is 22.9 Å². The molecule has 0 spiro atoms. The summed E-state index contributed by atoms with van der Waals surface area (Å²) in [5, 5.41) is 8.48. The Hall–Kier alpha value is -2.67. The lowest BCUT2D eigenvalue weighted by molar-refractivity contribution is -0.117. The number of rotatable bonds is 3. The van der Waals surface area contributed by atoms with Gasteiger partial charge in [-0.15, -0.1) is 0 Å². The third-order valence-electron chi connectivity index (χ3n) is 4.25. The number of amides is 1. The standard InChI is InChI=1S/C17H16ClN5O2/c18-12-6-4-11-5-7-14(19-13(11)9-12)20-16(24)10-23-17(25)22-8-2-1-3-15(22)21-23/h4-7,9H,1-3,8,10H2,(H,19,20,24). The first-order valence-electron chi connectivity index (χ1n) is 8.13. The Morgan fingerprint density at radius 1 is 1.24 bits per heavy atom. The van der Waals surface area contributed by atoms with Crippen LogP contribution < -0.4 is 11.0 Å². The van der Waals surface area contributed by atoms with Gasteiger partial charge in [0.25, 0.3) is 0 Å². The lowest BCUT2D eigenvalue weighted by atomic mass is 10.2. The van der Waals surface area contributed by atoms with Gasteiger partial charge in [-0.1, -0.05) is 17.7 Å². The molecule has 1 N–H and O–H groups in total. The summed E-state index contributed by atoms with van der Waals surface area (Å²) in [7, 11) is 0. The molecule has 0 unspecified atom stereocenters. The largest absolute Gasteiger partial charge is 0.346 e. The van der Waals surface area contributed by atoms with Crippen molar-refractivity contribution < 1.29 is 4.79 Å². The summed E-state index contributed by atoms with van der Waals surface area (Å²) in [6, 6.07) is 8.97. The summed E-state index contributed by atoms with van der Waals surface area (Å²) in [6.07, 6.45) is 2.76. The molecular formula is C17H16ClN5O2. The Labute approximate surface area is 148 Å². The summed E-state index contributed by atoms with van der Waals surface area (Å²) in [4.78, 5) is 28.9. The van der Waals surface area contributed by atoms with Gasteiger partial charge < -0.3 is 5.32 Å². The van der Waals surface area contributed by atoms with Crippen LogP contribution in [-0.2, 0) is 24.3 Å². The number of carbonyl (C=O) groups excluding carboxylic acids is 1. The number of hydrogen-bond donors (Lipinski definition) is 1. The Balaban J connectivity index is 1.52. The Kier molecular flexibility index (Phi) is 4.01. The fourth-order valence-corrected chi connectivity index (χ4v) is 3.20. The maximum Gasteiger partial charge on any atom is 0.346 e. The molecule has 128 valence electrons. The van der Waals surface area contributed by atoms with Crippen molar-refractivity contribution in [3.8, 4) is 0 Å². The molecule has 0 aliphatic carbocycles. The first-order valence-corrected chi connectivity index (χ1v) is 8.51. The number of carbonyl (C=O) groups is 1. The molecule has 0 radical (unpaired) electrons. The van der Waals surface area contributed by atoms with Crippen LogP contribution in [0.1, 0.15) is 18.7 Å². The van der Waals surface area contributed by atoms with Gasteiger partial charge in [0.15, 0.2) is 0 Å². The van der Waals surface area contributed by atoms with Gasteiger partial charge in [0.1, 0.15) is 18.2 Å². The minimum atomic E-state index is -0.341. The van der Waals surface area contributed by atoms with Crippen molar-refractivity contribution in [2.24, 2.45) is 0 Å². The van der Waals surface area contributed by atoms with Crippen LogP contribution in [0.4, 0.5) is 5.82 Å². The number of nitrogens with one attached hydrogen (secondary N) is 1. The van der Waals surface area contributed by atoms with Gasteiger partial charge in [-0.2, -0.15) is 5.10 Å². The van der Waals surface area contributed by atoms with Crippen molar-refractivity contribution in [3.63, 3.8) is 0 Å². The number of halogens is 1. The molecule has 3 heterocycles. The van der Waals surface area contributed by atoms with E-state index >= 15 is 0 Å². The summed E-state index contributed by atoms with van der Waals surface area (Å²) in [5.41, 5.74) is 0.461. The van der Waals surface area contributed by atoms with E-state index < -0.39 is 0 Å². The van der Waals surface area contributed by atoms with E-state index in [1.165, 1.54) is 4.68 Å². The number of fused-ring (bicyclic) bond motifs is 2. The summed E-state index contributed by atoms with van der Waals surface area (Å²) >= 11 is 5.98. The minimum Gasteiger partial charge on any atom is -0.309 e. The summed E-state index contributed by atoms with van der Waals surface area (Å²) in [5.74, 6) is 0.825. The van der Waals surface area contributed by atoms with Crippen molar-refractivity contribution in [2.45, 2.75) is 32.4 Å². The molecule has 1 aromatic carbocycles. The zero-order valence-corrected chi connectivity index (χ0v) is 14.2. The van der Waals surface area contributed by atoms with Crippen LogP contribution in [-0.4, -0.2) is 25.2 Å². The van der Waals surface area contributed by atoms with Crippen molar-refractivity contribution in [2.75, 3.05) is 5.32 Å². The molecule has 0 atom stereocenters. The van der Waals surface area contributed by atoms with Crippen LogP contribution in [0.25, 0.3) is 10.9 Å². The second-order valence-corrected chi connectivity index (χ2v) is 6.48. The molecule has 1 aliphatic heterocycles. The van der Waals surface area contributed by atoms with Crippen molar-refractivity contribution in [1.82, 2.24) is 19.3 Å². The molecule has 7 nitrogen and oxygen atoms in total. The van der Waals surface area contributed by atoms with E-state index in [1.54, 1.807) is 22.8 Å². The van der Waals surface area contributed by atoms with Gasteiger partial charge in [-0.05, 0) is 37.1 Å². The van der Waals surface area contributed by atoms with Gasteiger partial charge in [0.05, 0.1) is 5.52 Å². The van der Waals surface area contributed by atoms with Crippen LogP contribution in [0, 0.1) is 0 Å². The predicted molar refractivity (Wildman–Crippen MR) is 94.8 cm³/mol. The molecule has 2 aromatic heterocycles. The highest BCUT2D eigenvalue weighted by Crippen LogP contribution is 2.19. The molecule has 0 saturated heterocycles. The third kappa shape index (κ3) is 3.15. The number of hydrogen-bond acceptors (Lipinski definition) is 4. The zero-order valence-electron chi connectivity index (χ0n) is 13.4. The van der Waals surface area contributed by atoms with Crippen molar-refractivity contribution in [1.29, 1.82) is 0 Å². The topological polar surface area (TPSA) is 81.8 Å². The van der Waals surface area contributed by atoms with Crippen LogP contribution in [0.3, 0.4) is 0 Å². The van der Waals surface area contributed by atoms with E-state index in [9.17, 15) is 9.59 Å². The SMILES string of the molecule is O=C(Cn1nc2n(c1=O)CCCC2)Nc1ccc2ccc(Cl)cc2n1. The van der Waals surface area contributed by atoms with Crippen LogP contribution >= 0.6 is 11.6 Å². The molecule has 0 saturated carbocycles. The van der Waals surface area contributed by atoms with E-state index in [1.807, 2.05) is 12.1 Å². The highest BCUT2D eigenvalue weighted by molar-refractivity contribution is 6.31. The predicted octanol–water partition coefficient (Wildman–Crippen LogP) is 2.22. The minimum absolute atomic E-state index is 0.131. The summed E-state index contributed by atoms with van der Waals surface area (Å²) in [6.45, 7) is 0.539. The van der Waals surface area contributed by atoms with Crippen LogP contribution in [0.15, 0.2) is 35.1 Å². The fraction of sp³-hybridized carbons (Fsp3) is 0.294. The average molecular weight is 358 g/mol. The average Bonchev–Trinajstić information content (AvgIpc) is 2.90. The monoisotopic (exact) mass is 357 g/mol. The van der Waals surface area contributed by atoms with Gasteiger partial charge in [0, 0.05) is 23.4 Å².